The Hall–Kier alpha value is -1.03. The van der Waals surface area contributed by atoms with Gasteiger partial charge in [-0.2, -0.15) is 0 Å². The average molecular weight is 200 g/mol. The zero-order valence-corrected chi connectivity index (χ0v) is 7.90. The molecule has 0 radical (unpaired) electrons. The number of rotatable bonds is 3. The van der Waals surface area contributed by atoms with Gasteiger partial charge in [0.05, 0.1) is 6.42 Å². The molecule has 0 saturated heterocycles. The van der Waals surface area contributed by atoms with Crippen molar-refractivity contribution < 1.29 is 14.3 Å². The molecule has 1 rings (SSSR count). The van der Waals surface area contributed by atoms with Crippen LogP contribution in [0.4, 0.5) is 4.39 Å². The van der Waals surface area contributed by atoms with E-state index in [0.29, 0.717) is 4.90 Å². The zero-order chi connectivity index (χ0) is 9.84. The van der Waals surface area contributed by atoms with E-state index >= 15 is 0 Å². The van der Waals surface area contributed by atoms with Crippen molar-refractivity contribution in [2.24, 2.45) is 0 Å². The second kappa shape index (κ2) is 4.28. The van der Waals surface area contributed by atoms with Crippen LogP contribution in [-0.4, -0.2) is 17.3 Å². The van der Waals surface area contributed by atoms with E-state index in [1.54, 1.807) is 18.4 Å². The summed E-state index contributed by atoms with van der Waals surface area (Å²) < 4.78 is 13.3. The minimum Gasteiger partial charge on any atom is -0.481 e. The molecule has 0 aliphatic carbocycles. The molecule has 0 atom stereocenters. The Morgan fingerprint density at radius 3 is 2.85 bits per heavy atom. The Labute approximate surface area is 79.8 Å². The summed E-state index contributed by atoms with van der Waals surface area (Å²) in [7, 11) is 0. The van der Waals surface area contributed by atoms with E-state index in [1.807, 2.05) is 0 Å². The lowest BCUT2D eigenvalue weighted by atomic mass is 10.1. The first-order chi connectivity index (χ1) is 6.15. The molecular formula is C9H9FO2S. The molecule has 1 aromatic rings. The summed E-state index contributed by atoms with van der Waals surface area (Å²) in [5.41, 5.74) is 0.236. The molecular weight excluding hydrogens is 191 g/mol. The molecule has 70 valence electrons. The number of carboxylic acids is 1. The van der Waals surface area contributed by atoms with Crippen molar-refractivity contribution in [3.8, 4) is 0 Å². The van der Waals surface area contributed by atoms with Gasteiger partial charge in [-0.05, 0) is 12.3 Å². The first kappa shape index (κ1) is 10.1. The number of benzene rings is 1. The summed E-state index contributed by atoms with van der Waals surface area (Å²) in [4.78, 5) is 10.8. The first-order valence-corrected chi connectivity index (χ1v) is 4.90. The highest BCUT2D eigenvalue weighted by Crippen LogP contribution is 2.21. The minimum atomic E-state index is -1.02. The number of hydrogen-bond acceptors (Lipinski definition) is 2. The van der Waals surface area contributed by atoms with Crippen molar-refractivity contribution in [3.05, 3.63) is 29.6 Å². The van der Waals surface area contributed by atoms with Gasteiger partial charge in [-0.1, -0.05) is 12.1 Å². The van der Waals surface area contributed by atoms with Gasteiger partial charge in [0.2, 0.25) is 0 Å². The van der Waals surface area contributed by atoms with E-state index in [4.69, 9.17) is 5.11 Å². The third kappa shape index (κ3) is 2.45. The fourth-order valence-corrected chi connectivity index (χ4v) is 1.54. The zero-order valence-electron chi connectivity index (χ0n) is 7.08. The van der Waals surface area contributed by atoms with Crippen LogP contribution in [0, 0.1) is 5.82 Å². The standard InChI is InChI=1S/C9H9FO2S/c1-13-7-4-2-3-6(9(7)10)5-8(11)12/h2-4H,5H2,1H3,(H,11,12). The Bertz CT molecular complexity index is 325. The van der Waals surface area contributed by atoms with Crippen molar-refractivity contribution in [3.63, 3.8) is 0 Å². The van der Waals surface area contributed by atoms with Gasteiger partial charge in [0.25, 0.3) is 0 Å². The van der Waals surface area contributed by atoms with Crippen LogP contribution in [0.15, 0.2) is 23.1 Å². The van der Waals surface area contributed by atoms with Crippen LogP contribution in [0.3, 0.4) is 0 Å². The molecule has 13 heavy (non-hydrogen) atoms. The van der Waals surface area contributed by atoms with Crippen LogP contribution in [-0.2, 0) is 11.2 Å². The van der Waals surface area contributed by atoms with E-state index in [2.05, 4.69) is 0 Å². The molecule has 2 nitrogen and oxygen atoms in total. The maximum absolute atomic E-state index is 13.3. The number of halogens is 1. The molecule has 0 aliphatic rings. The van der Waals surface area contributed by atoms with Gasteiger partial charge >= 0.3 is 5.97 Å². The third-order valence-electron chi connectivity index (χ3n) is 1.60. The largest absolute Gasteiger partial charge is 0.481 e. The fourth-order valence-electron chi connectivity index (χ4n) is 1.01. The lowest BCUT2D eigenvalue weighted by molar-refractivity contribution is -0.136. The Morgan fingerprint density at radius 1 is 1.62 bits per heavy atom. The Balaban J connectivity index is 3.01. The smallest absolute Gasteiger partial charge is 0.307 e. The highest BCUT2D eigenvalue weighted by molar-refractivity contribution is 7.98. The molecule has 0 spiro atoms. The highest BCUT2D eigenvalue weighted by atomic mass is 32.2. The molecule has 0 amide bonds. The van der Waals surface area contributed by atoms with Gasteiger partial charge in [0.15, 0.2) is 0 Å². The topological polar surface area (TPSA) is 37.3 Å². The predicted octanol–water partition coefficient (Wildman–Crippen LogP) is 2.17. The van der Waals surface area contributed by atoms with Gasteiger partial charge in [0.1, 0.15) is 5.82 Å². The monoisotopic (exact) mass is 200 g/mol. The molecule has 0 heterocycles. The van der Waals surface area contributed by atoms with Crippen LogP contribution in [0.5, 0.6) is 0 Å². The molecule has 0 unspecified atom stereocenters. The summed E-state index contributed by atoms with van der Waals surface area (Å²) in [5, 5.41) is 8.48. The van der Waals surface area contributed by atoms with Gasteiger partial charge in [0, 0.05) is 10.5 Å². The maximum atomic E-state index is 13.3. The normalized spacial score (nSPS) is 10.0. The predicted molar refractivity (Wildman–Crippen MR) is 49.5 cm³/mol. The second-order valence-electron chi connectivity index (χ2n) is 2.50. The average Bonchev–Trinajstić information content (AvgIpc) is 2.08. The lowest BCUT2D eigenvalue weighted by Crippen LogP contribution is -2.02. The first-order valence-electron chi connectivity index (χ1n) is 3.68. The van der Waals surface area contributed by atoms with Crippen LogP contribution in [0.1, 0.15) is 5.56 Å². The number of carbonyl (C=O) groups is 1. The van der Waals surface area contributed by atoms with Crippen LogP contribution in [0.25, 0.3) is 0 Å². The second-order valence-corrected chi connectivity index (χ2v) is 3.35. The Kier molecular flexibility index (Phi) is 3.31. The van der Waals surface area contributed by atoms with E-state index in [1.165, 1.54) is 17.8 Å². The van der Waals surface area contributed by atoms with Crippen LogP contribution >= 0.6 is 11.8 Å². The van der Waals surface area contributed by atoms with Gasteiger partial charge in [-0.15, -0.1) is 11.8 Å². The summed E-state index contributed by atoms with van der Waals surface area (Å²) in [6, 6.07) is 4.78. The number of aliphatic carboxylic acids is 1. The molecule has 0 aromatic heterocycles. The SMILES string of the molecule is CSc1cccc(CC(=O)O)c1F. The van der Waals surface area contributed by atoms with E-state index < -0.39 is 11.8 Å². The number of thioether (sulfide) groups is 1. The van der Waals surface area contributed by atoms with Crippen molar-refractivity contribution in [2.45, 2.75) is 11.3 Å². The van der Waals surface area contributed by atoms with Crippen LogP contribution < -0.4 is 0 Å². The van der Waals surface area contributed by atoms with Crippen molar-refractivity contribution >= 4 is 17.7 Å². The summed E-state index contributed by atoms with van der Waals surface area (Å²) in [5.74, 6) is -1.44. The van der Waals surface area contributed by atoms with Crippen molar-refractivity contribution in [1.82, 2.24) is 0 Å². The summed E-state index contributed by atoms with van der Waals surface area (Å²) in [6.07, 6.45) is 1.49. The fraction of sp³-hybridized carbons (Fsp3) is 0.222. The van der Waals surface area contributed by atoms with E-state index in [9.17, 15) is 9.18 Å². The molecule has 0 bridgehead atoms. The minimum absolute atomic E-state index is 0.236. The maximum Gasteiger partial charge on any atom is 0.307 e. The van der Waals surface area contributed by atoms with E-state index in [0.717, 1.165) is 0 Å². The third-order valence-corrected chi connectivity index (χ3v) is 2.36. The quantitative estimate of drug-likeness (QED) is 0.760. The van der Waals surface area contributed by atoms with Crippen molar-refractivity contribution in [1.29, 1.82) is 0 Å². The molecule has 0 fully saturated rings. The molecule has 0 aliphatic heterocycles. The van der Waals surface area contributed by atoms with Gasteiger partial charge < -0.3 is 5.11 Å². The lowest BCUT2D eigenvalue weighted by Gasteiger charge is -2.03. The molecule has 0 saturated carbocycles. The Morgan fingerprint density at radius 2 is 2.31 bits per heavy atom. The molecule has 1 aromatic carbocycles. The van der Waals surface area contributed by atoms with E-state index in [-0.39, 0.29) is 12.0 Å². The van der Waals surface area contributed by atoms with Crippen molar-refractivity contribution in [2.75, 3.05) is 6.26 Å². The number of hydrogen-bond donors (Lipinski definition) is 1. The van der Waals surface area contributed by atoms with Crippen LogP contribution in [0.2, 0.25) is 0 Å². The van der Waals surface area contributed by atoms with Gasteiger partial charge in [-0.3, -0.25) is 4.79 Å². The van der Waals surface area contributed by atoms with Gasteiger partial charge in [-0.25, -0.2) is 4.39 Å². The highest BCUT2D eigenvalue weighted by Gasteiger charge is 2.09. The molecule has 4 heteroatoms. The summed E-state index contributed by atoms with van der Waals surface area (Å²) in [6.45, 7) is 0. The number of carboxylic acid groups (broad SMARTS) is 1. The summed E-state index contributed by atoms with van der Waals surface area (Å²) >= 11 is 1.27. The molecule has 1 N–H and O–H groups in total.